The lowest BCUT2D eigenvalue weighted by Crippen LogP contribution is -2.32. The molecule has 4 heteroatoms. The van der Waals surface area contributed by atoms with Crippen LogP contribution in [0.1, 0.15) is 76.3 Å². The molecule has 0 saturated heterocycles. The molecule has 0 spiro atoms. The molecule has 0 aromatic carbocycles. The van der Waals surface area contributed by atoms with Gasteiger partial charge >= 0.3 is 0 Å². The van der Waals surface area contributed by atoms with Gasteiger partial charge in [-0.2, -0.15) is 0 Å². The van der Waals surface area contributed by atoms with Gasteiger partial charge in [-0.15, -0.1) is 11.3 Å². The number of thiazole rings is 1. The summed E-state index contributed by atoms with van der Waals surface area (Å²) in [5, 5.41) is 4.73. The SMILES string of the molecule is CCNCc1sc(N(CC)C2CCCC2)nc1C(C)CC. The second kappa shape index (κ2) is 8.14. The first-order valence-corrected chi connectivity index (χ1v) is 9.49. The molecule has 1 fully saturated rings. The second-order valence-electron chi connectivity index (χ2n) is 6.12. The predicted octanol–water partition coefficient (Wildman–Crippen LogP) is 4.54. The molecule has 0 aliphatic heterocycles. The van der Waals surface area contributed by atoms with Crippen LogP contribution in [0.5, 0.6) is 0 Å². The number of hydrogen-bond donors (Lipinski definition) is 1. The lowest BCUT2D eigenvalue weighted by molar-refractivity contribution is 0.614. The largest absolute Gasteiger partial charge is 0.345 e. The van der Waals surface area contributed by atoms with Gasteiger partial charge in [-0.05, 0) is 38.6 Å². The topological polar surface area (TPSA) is 28.2 Å². The summed E-state index contributed by atoms with van der Waals surface area (Å²) < 4.78 is 0. The molecule has 1 aromatic rings. The molecule has 1 N–H and O–H groups in total. The van der Waals surface area contributed by atoms with Gasteiger partial charge in [0.05, 0.1) is 5.69 Å². The highest BCUT2D eigenvalue weighted by Gasteiger charge is 2.25. The van der Waals surface area contributed by atoms with E-state index in [2.05, 4.69) is 37.9 Å². The fraction of sp³-hybridized carbons (Fsp3) is 0.824. The van der Waals surface area contributed by atoms with E-state index in [1.165, 1.54) is 41.4 Å². The van der Waals surface area contributed by atoms with Crippen molar-refractivity contribution < 1.29 is 0 Å². The van der Waals surface area contributed by atoms with E-state index >= 15 is 0 Å². The van der Waals surface area contributed by atoms with Crippen molar-refractivity contribution in [3.05, 3.63) is 10.6 Å². The molecule has 0 amide bonds. The van der Waals surface area contributed by atoms with Crippen molar-refractivity contribution >= 4 is 16.5 Å². The summed E-state index contributed by atoms with van der Waals surface area (Å²) >= 11 is 1.91. The average Bonchev–Trinajstić information content (AvgIpc) is 3.15. The molecule has 1 aliphatic carbocycles. The summed E-state index contributed by atoms with van der Waals surface area (Å²) in [7, 11) is 0. The molecule has 1 atom stereocenters. The Morgan fingerprint density at radius 2 is 2.00 bits per heavy atom. The van der Waals surface area contributed by atoms with Gasteiger partial charge in [-0.25, -0.2) is 4.98 Å². The summed E-state index contributed by atoms with van der Waals surface area (Å²) in [6.07, 6.45) is 6.62. The van der Waals surface area contributed by atoms with E-state index in [-0.39, 0.29) is 0 Å². The van der Waals surface area contributed by atoms with Crippen LogP contribution in [0.25, 0.3) is 0 Å². The molecular formula is C17H31N3S. The summed E-state index contributed by atoms with van der Waals surface area (Å²) in [6.45, 7) is 12.1. The molecule has 21 heavy (non-hydrogen) atoms. The van der Waals surface area contributed by atoms with Crippen LogP contribution in [0.2, 0.25) is 0 Å². The van der Waals surface area contributed by atoms with E-state index < -0.39 is 0 Å². The molecule has 2 rings (SSSR count). The number of nitrogens with zero attached hydrogens (tertiary/aromatic N) is 2. The third-order valence-electron chi connectivity index (χ3n) is 4.68. The maximum Gasteiger partial charge on any atom is 0.186 e. The van der Waals surface area contributed by atoms with E-state index in [4.69, 9.17) is 4.98 Å². The monoisotopic (exact) mass is 309 g/mol. The van der Waals surface area contributed by atoms with Gasteiger partial charge in [0.1, 0.15) is 0 Å². The normalized spacial score (nSPS) is 17.3. The molecule has 1 aromatic heterocycles. The zero-order chi connectivity index (χ0) is 15.2. The summed E-state index contributed by atoms with van der Waals surface area (Å²) in [5.74, 6) is 0.561. The molecule has 120 valence electrons. The van der Waals surface area contributed by atoms with E-state index in [9.17, 15) is 0 Å². The minimum Gasteiger partial charge on any atom is -0.345 e. The van der Waals surface area contributed by atoms with Gasteiger partial charge in [0.25, 0.3) is 0 Å². The Morgan fingerprint density at radius 1 is 1.29 bits per heavy atom. The van der Waals surface area contributed by atoms with Crippen molar-refractivity contribution in [3.8, 4) is 0 Å². The standard InChI is InChI=1S/C17H31N3S/c1-5-13(4)16-15(12-18-6-2)21-17(19-16)20(7-3)14-10-8-9-11-14/h13-14,18H,5-12H2,1-4H3. The van der Waals surface area contributed by atoms with Crippen molar-refractivity contribution in [2.75, 3.05) is 18.0 Å². The minimum atomic E-state index is 0.561. The maximum atomic E-state index is 5.05. The Hall–Kier alpha value is -0.610. The number of nitrogens with one attached hydrogen (secondary N) is 1. The van der Waals surface area contributed by atoms with Gasteiger partial charge < -0.3 is 10.2 Å². The van der Waals surface area contributed by atoms with Crippen LogP contribution < -0.4 is 10.2 Å². The van der Waals surface area contributed by atoms with Crippen LogP contribution in [0.4, 0.5) is 5.13 Å². The van der Waals surface area contributed by atoms with Gasteiger partial charge in [0, 0.05) is 24.0 Å². The van der Waals surface area contributed by atoms with Crippen molar-refractivity contribution in [1.29, 1.82) is 0 Å². The lowest BCUT2D eigenvalue weighted by atomic mass is 10.0. The highest BCUT2D eigenvalue weighted by molar-refractivity contribution is 7.15. The molecule has 3 nitrogen and oxygen atoms in total. The second-order valence-corrected chi connectivity index (χ2v) is 7.18. The first-order valence-electron chi connectivity index (χ1n) is 8.68. The number of anilines is 1. The van der Waals surface area contributed by atoms with Crippen LogP contribution in [0.3, 0.4) is 0 Å². The molecule has 1 saturated carbocycles. The van der Waals surface area contributed by atoms with Crippen LogP contribution in [0.15, 0.2) is 0 Å². The summed E-state index contributed by atoms with van der Waals surface area (Å²) in [6, 6.07) is 0.720. The minimum absolute atomic E-state index is 0.561. The molecular weight excluding hydrogens is 278 g/mol. The zero-order valence-electron chi connectivity index (χ0n) is 14.1. The van der Waals surface area contributed by atoms with E-state index in [0.717, 1.165) is 32.1 Å². The Labute approximate surface area is 134 Å². The molecule has 1 unspecified atom stereocenters. The molecule has 1 aliphatic rings. The number of aromatic nitrogens is 1. The van der Waals surface area contributed by atoms with Crippen LogP contribution >= 0.6 is 11.3 Å². The maximum absolute atomic E-state index is 5.05. The molecule has 0 bridgehead atoms. The van der Waals surface area contributed by atoms with Gasteiger partial charge in [0.15, 0.2) is 5.13 Å². The highest BCUT2D eigenvalue weighted by atomic mass is 32.1. The quantitative estimate of drug-likeness (QED) is 0.764. The van der Waals surface area contributed by atoms with Gasteiger partial charge in [-0.1, -0.05) is 33.6 Å². The van der Waals surface area contributed by atoms with Crippen molar-refractivity contribution in [2.24, 2.45) is 0 Å². The van der Waals surface area contributed by atoms with E-state index in [1.807, 2.05) is 11.3 Å². The predicted molar refractivity (Wildman–Crippen MR) is 93.5 cm³/mol. The van der Waals surface area contributed by atoms with E-state index in [1.54, 1.807) is 0 Å². The molecule has 0 radical (unpaired) electrons. The third-order valence-corrected chi connectivity index (χ3v) is 5.79. The first-order chi connectivity index (χ1) is 10.2. The lowest BCUT2D eigenvalue weighted by Gasteiger charge is -2.27. The van der Waals surface area contributed by atoms with Crippen molar-refractivity contribution in [1.82, 2.24) is 10.3 Å². The zero-order valence-corrected chi connectivity index (χ0v) is 14.9. The average molecular weight is 310 g/mol. The molecule has 1 heterocycles. The van der Waals surface area contributed by atoms with Crippen molar-refractivity contribution in [3.63, 3.8) is 0 Å². The Bertz CT molecular complexity index is 424. The smallest absolute Gasteiger partial charge is 0.186 e. The van der Waals surface area contributed by atoms with E-state index in [0.29, 0.717) is 5.92 Å². The Kier molecular flexibility index (Phi) is 6.49. The van der Waals surface area contributed by atoms with Crippen LogP contribution in [-0.2, 0) is 6.54 Å². The third kappa shape index (κ3) is 3.98. The highest BCUT2D eigenvalue weighted by Crippen LogP contribution is 2.35. The Balaban J connectivity index is 2.23. The van der Waals surface area contributed by atoms with Gasteiger partial charge in [-0.3, -0.25) is 0 Å². The summed E-state index contributed by atoms with van der Waals surface area (Å²) in [4.78, 5) is 9.05. The van der Waals surface area contributed by atoms with Crippen molar-refractivity contribution in [2.45, 2.75) is 78.3 Å². The summed E-state index contributed by atoms with van der Waals surface area (Å²) in [5.41, 5.74) is 1.33. The number of rotatable bonds is 8. The Morgan fingerprint density at radius 3 is 2.57 bits per heavy atom. The fourth-order valence-corrected chi connectivity index (χ4v) is 4.47. The first kappa shape index (κ1) is 16.8. The van der Waals surface area contributed by atoms with Crippen LogP contribution in [-0.4, -0.2) is 24.1 Å². The van der Waals surface area contributed by atoms with Crippen LogP contribution in [0, 0.1) is 0 Å². The van der Waals surface area contributed by atoms with Gasteiger partial charge in [0.2, 0.25) is 0 Å². The number of hydrogen-bond acceptors (Lipinski definition) is 4. The fourth-order valence-electron chi connectivity index (χ4n) is 3.18.